The number of rotatable bonds is 8. The third-order valence-electron chi connectivity index (χ3n) is 5.49. The van der Waals surface area contributed by atoms with E-state index in [1.165, 1.54) is 13.8 Å². The van der Waals surface area contributed by atoms with E-state index in [4.69, 9.17) is 9.47 Å². The lowest BCUT2D eigenvalue weighted by Crippen LogP contribution is -2.31. The topological polar surface area (TPSA) is 127 Å². The van der Waals surface area contributed by atoms with Crippen molar-refractivity contribution >= 4 is 23.9 Å². The lowest BCUT2D eigenvalue weighted by atomic mass is 9.88. The number of carbonyl (C=O) groups excluding carboxylic acids is 2. The molecule has 2 aliphatic carbocycles. The molecule has 156 valence electrons. The average molecular weight is 396 g/mol. The molecule has 0 aromatic heterocycles. The summed E-state index contributed by atoms with van der Waals surface area (Å²) in [4.78, 5) is 48.5. The highest BCUT2D eigenvalue weighted by molar-refractivity contribution is 6.05. The molecule has 2 fully saturated rings. The van der Waals surface area contributed by atoms with Crippen LogP contribution in [0.4, 0.5) is 0 Å². The van der Waals surface area contributed by atoms with Gasteiger partial charge in [0.1, 0.15) is 12.2 Å². The Morgan fingerprint density at radius 3 is 1.21 bits per heavy atom. The molecule has 8 heteroatoms. The van der Waals surface area contributed by atoms with Crippen LogP contribution in [0, 0.1) is 11.8 Å². The molecule has 0 spiro atoms. The number of esters is 2. The largest absolute Gasteiger partial charge is 0.478 e. The lowest BCUT2D eigenvalue weighted by molar-refractivity contribution is -0.155. The van der Waals surface area contributed by atoms with E-state index in [0.29, 0.717) is 25.7 Å². The molecule has 0 aromatic carbocycles. The van der Waals surface area contributed by atoms with E-state index in [-0.39, 0.29) is 12.2 Å². The lowest BCUT2D eigenvalue weighted by Gasteiger charge is -2.21. The first kappa shape index (κ1) is 21.9. The van der Waals surface area contributed by atoms with E-state index >= 15 is 0 Å². The van der Waals surface area contributed by atoms with Crippen LogP contribution in [0.25, 0.3) is 0 Å². The molecular formula is C20H28O8. The van der Waals surface area contributed by atoms with Gasteiger partial charge in [0.2, 0.25) is 0 Å². The van der Waals surface area contributed by atoms with Crippen LogP contribution in [0.5, 0.6) is 0 Å². The summed E-state index contributed by atoms with van der Waals surface area (Å²) in [6, 6.07) is 0. The second-order valence-corrected chi connectivity index (χ2v) is 7.57. The van der Waals surface area contributed by atoms with Gasteiger partial charge in [0.25, 0.3) is 0 Å². The number of hydrogen-bond donors (Lipinski definition) is 2. The summed E-state index contributed by atoms with van der Waals surface area (Å²) >= 11 is 0. The summed E-state index contributed by atoms with van der Waals surface area (Å²) in [5.41, 5.74) is -1.27. The van der Waals surface area contributed by atoms with Crippen LogP contribution in [0.1, 0.15) is 65.2 Å². The van der Waals surface area contributed by atoms with Crippen molar-refractivity contribution in [2.24, 2.45) is 11.8 Å². The van der Waals surface area contributed by atoms with E-state index in [1.54, 1.807) is 0 Å². The number of carboxylic acid groups (broad SMARTS) is 2. The normalized spacial score (nSPS) is 20.9. The van der Waals surface area contributed by atoms with Crippen LogP contribution in [0.15, 0.2) is 11.1 Å². The molecule has 0 aliphatic heterocycles. The Balaban J connectivity index is 2.25. The summed E-state index contributed by atoms with van der Waals surface area (Å²) in [5, 5.41) is 19.2. The third kappa shape index (κ3) is 5.33. The molecule has 28 heavy (non-hydrogen) atoms. The van der Waals surface area contributed by atoms with E-state index in [1.807, 2.05) is 0 Å². The highest BCUT2D eigenvalue weighted by Crippen LogP contribution is 2.29. The quantitative estimate of drug-likeness (QED) is 0.473. The maximum absolute atomic E-state index is 12.4. The van der Waals surface area contributed by atoms with Gasteiger partial charge in [-0.2, -0.15) is 0 Å². The van der Waals surface area contributed by atoms with E-state index < -0.39 is 46.9 Å². The Hall–Kier alpha value is -2.38. The Kier molecular flexibility index (Phi) is 7.60. The summed E-state index contributed by atoms with van der Waals surface area (Å²) < 4.78 is 10.7. The first-order valence-electron chi connectivity index (χ1n) is 9.84. The Morgan fingerprint density at radius 2 is 0.964 bits per heavy atom. The number of aliphatic carboxylic acids is 2. The first-order chi connectivity index (χ1) is 13.2. The molecule has 0 heterocycles. The van der Waals surface area contributed by atoms with Gasteiger partial charge in [-0.25, -0.2) is 9.59 Å². The molecule has 0 aromatic rings. The van der Waals surface area contributed by atoms with Gasteiger partial charge in [-0.3, -0.25) is 9.59 Å². The fourth-order valence-electron chi connectivity index (χ4n) is 3.85. The predicted molar refractivity (Wildman–Crippen MR) is 97.3 cm³/mol. The van der Waals surface area contributed by atoms with Crippen LogP contribution < -0.4 is 0 Å². The minimum Gasteiger partial charge on any atom is -0.478 e. The molecule has 8 nitrogen and oxygen atoms in total. The Morgan fingerprint density at radius 1 is 0.679 bits per heavy atom. The SMILES string of the molecule is CC(C(=O)OC1CCCC1)C(C(=O)O)=C(C(=O)O)C(C)C(=O)OC1CCCC1. The minimum atomic E-state index is -1.56. The molecule has 2 unspecified atom stereocenters. The van der Waals surface area contributed by atoms with Crippen molar-refractivity contribution in [1.82, 2.24) is 0 Å². The fourth-order valence-corrected chi connectivity index (χ4v) is 3.85. The molecule has 0 bridgehead atoms. The highest BCUT2D eigenvalue weighted by Gasteiger charge is 2.37. The second kappa shape index (κ2) is 9.71. The highest BCUT2D eigenvalue weighted by atomic mass is 16.5. The van der Waals surface area contributed by atoms with Crippen molar-refractivity contribution in [3.8, 4) is 0 Å². The third-order valence-corrected chi connectivity index (χ3v) is 5.49. The molecular weight excluding hydrogens is 368 g/mol. The summed E-state index contributed by atoms with van der Waals surface area (Å²) in [5.74, 6) is -7.33. The zero-order valence-corrected chi connectivity index (χ0v) is 16.3. The predicted octanol–water partition coefficient (Wildman–Crippen LogP) is 2.70. The van der Waals surface area contributed by atoms with Crippen LogP contribution in [-0.4, -0.2) is 46.3 Å². The Bertz CT molecular complexity index is 597. The number of carbonyl (C=O) groups is 4. The summed E-state index contributed by atoms with van der Waals surface area (Å²) in [6.07, 6.45) is 6.00. The van der Waals surface area contributed by atoms with Crippen LogP contribution >= 0.6 is 0 Å². The van der Waals surface area contributed by atoms with Gasteiger partial charge >= 0.3 is 23.9 Å². The monoisotopic (exact) mass is 396 g/mol. The van der Waals surface area contributed by atoms with Crippen molar-refractivity contribution < 1.29 is 38.9 Å². The van der Waals surface area contributed by atoms with E-state index in [2.05, 4.69) is 0 Å². The van der Waals surface area contributed by atoms with Gasteiger partial charge in [-0.05, 0) is 65.2 Å². The van der Waals surface area contributed by atoms with Gasteiger partial charge in [-0.15, -0.1) is 0 Å². The van der Waals surface area contributed by atoms with Gasteiger partial charge in [0, 0.05) is 0 Å². The smallest absolute Gasteiger partial charge is 0.333 e. The Labute approximate surface area is 163 Å². The maximum atomic E-state index is 12.4. The number of carboxylic acids is 2. The first-order valence-corrected chi connectivity index (χ1v) is 9.84. The van der Waals surface area contributed by atoms with E-state index in [9.17, 15) is 29.4 Å². The average Bonchev–Trinajstić information content (AvgIpc) is 3.31. The molecule has 0 amide bonds. The zero-order valence-electron chi connectivity index (χ0n) is 16.3. The van der Waals surface area contributed by atoms with Crippen molar-refractivity contribution in [2.75, 3.05) is 0 Å². The van der Waals surface area contributed by atoms with Crippen molar-refractivity contribution in [3.05, 3.63) is 11.1 Å². The molecule has 2 rings (SSSR count). The molecule has 2 N–H and O–H groups in total. The summed E-state index contributed by atoms with van der Waals surface area (Å²) in [7, 11) is 0. The van der Waals surface area contributed by atoms with Gasteiger partial charge in [0.05, 0.1) is 23.0 Å². The fraction of sp³-hybridized carbons (Fsp3) is 0.700. The number of ether oxygens (including phenoxy) is 2. The standard InChI is InChI=1S/C20H28O8/c1-11(19(25)27-13-7-3-4-8-13)15(17(21)22)16(18(23)24)12(2)20(26)28-14-9-5-6-10-14/h11-14H,3-10H2,1-2H3,(H,21,22)(H,23,24). The van der Waals surface area contributed by atoms with Crippen LogP contribution in [0.3, 0.4) is 0 Å². The number of hydrogen-bond acceptors (Lipinski definition) is 6. The molecule has 0 radical (unpaired) electrons. The van der Waals surface area contributed by atoms with Crippen LogP contribution in [0.2, 0.25) is 0 Å². The van der Waals surface area contributed by atoms with Gasteiger partial charge in [-0.1, -0.05) is 0 Å². The van der Waals surface area contributed by atoms with Crippen LogP contribution in [-0.2, 0) is 28.7 Å². The van der Waals surface area contributed by atoms with Crippen molar-refractivity contribution in [2.45, 2.75) is 77.4 Å². The maximum Gasteiger partial charge on any atom is 0.333 e. The molecule has 0 saturated heterocycles. The zero-order chi connectivity index (χ0) is 20.8. The molecule has 2 saturated carbocycles. The minimum absolute atomic E-state index is 0.275. The second-order valence-electron chi connectivity index (χ2n) is 7.57. The van der Waals surface area contributed by atoms with Gasteiger partial charge in [0.15, 0.2) is 0 Å². The van der Waals surface area contributed by atoms with E-state index in [0.717, 1.165) is 25.7 Å². The van der Waals surface area contributed by atoms with Gasteiger partial charge < -0.3 is 19.7 Å². The molecule has 2 aliphatic rings. The summed E-state index contributed by atoms with van der Waals surface area (Å²) in [6.45, 7) is 2.58. The molecule has 2 atom stereocenters. The van der Waals surface area contributed by atoms with Crippen molar-refractivity contribution in [1.29, 1.82) is 0 Å². The van der Waals surface area contributed by atoms with Crippen molar-refractivity contribution in [3.63, 3.8) is 0 Å².